The number of ether oxygens (including phenoxy) is 1. The van der Waals surface area contributed by atoms with Crippen molar-refractivity contribution >= 4 is 11.7 Å². The molecule has 120 valence electrons. The largest absolute Gasteiger partial charge is 0.422 e. The van der Waals surface area contributed by atoms with Crippen LogP contribution in [-0.4, -0.2) is 16.2 Å². The van der Waals surface area contributed by atoms with Gasteiger partial charge in [-0.05, 0) is 17.6 Å². The molecule has 0 spiro atoms. The van der Waals surface area contributed by atoms with Crippen LogP contribution in [-0.2, 0) is 11.2 Å². The monoisotopic (exact) mass is 313 g/mol. The van der Waals surface area contributed by atoms with E-state index in [1.54, 1.807) is 0 Å². The molecular weight excluding hydrogens is 294 g/mol. The lowest BCUT2D eigenvalue weighted by molar-refractivity contribution is 0.0688. The number of carbonyl (C=O) groups excluding carboxylic acids is 1. The Kier molecular flexibility index (Phi) is 4.05. The molecule has 0 radical (unpaired) electrons. The quantitative estimate of drug-likeness (QED) is 0.873. The first-order chi connectivity index (χ1) is 11.0. The van der Waals surface area contributed by atoms with E-state index >= 15 is 0 Å². The second kappa shape index (κ2) is 6.01. The van der Waals surface area contributed by atoms with Gasteiger partial charge in [-0.15, -0.1) is 0 Å². The minimum absolute atomic E-state index is 0.0528. The van der Waals surface area contributed by atoms with Crippen molar-refractivity contribution in [3.8, 4) is 0 Å². The number of hydrogen-bond donors (Lipinski definition) is 1. The lowest BCUT2D eigenvalue weighted by atomic mass is 10.0. The van der Waals surface area contributed by atoms with E-state index in [9.17, 15) is 9.90 Å². The summed E-state index contributed by atoms with van der Waals surface area (Å²) in [6, 6.07) is 7.32. The van der Waals surface area contributed by atoms with Crippen molar-refractivity contribution in [3.63, 3.8) is 0 Å². The lowest BCUT2D eigenvalue weighted by Crippen LogP contribution is -2.09. The van der Waals surface area contributed by atoms with Crippen molar-refractivity contribution in [2.75, 3.05) is 0 Å². The van der Waals surface area contributed by atoms with Crippen molar-refractivity contribution in [2.45, 2.75) is 39.2 Å². The zero-order valence-electron chi connectivity index (χ0n) is 13.4. The third kappa shape index (κ3) is 2.68. The molecule has 1 atom stereocenters. The van der Waals surface area contributed by atoms with Crippen molar-refractivity contribution in [1.29, 1.82) is 0 Å². The van der Waals surface area contributed by atoms with Crippen LogP contribution in [0.3, 0.4) is 0 Å². The van der Waals surface area contributed by atoms with Gasteiger partial charge in [-0.25, -0.2) is 4.79 Å². The number of benzene rings is 1. The third-order valence-corrected chi connectivity index (χ3v) is 3.92. The molecule has 5 heteroatoms. The first-order valence-corrected chi connectivity index (χ1v) is 7.72. The Morgan fingerprint density at radius 2 is 2.13 bits per heavy atom. The van der Waals surface area contributed by atoms with Crippen molar-refractivity contribution in [1.82, 2.24) is 5.16 Å². The maximum atomic E-state index is 12.6. The fraction of sp³-hybridized carbons (Fsp3) is 0.333. The number of aryl methyl sites for hydroxylation is 1. The van der Waals surface area contributed by atoms with Gasteiger partial charge in [0.2, 0.25) is 0 Å². The molecule has 1 aromatic heterocycles. The zero-order valence-corrected chi connectivity index (χ0v) is 13.4. The molecule has 3 rings (SSSR count). The van der Waals surface area contributed by atoms with Crippen LogP contribution in [0.1, 0.15) is 65.7 Å². The second-order valence-corrected chi connectivity index (χ2v) is 5.83. The Morgan fingerprint density at radius 1 is 1.39 bits per heavy atom. The number of carbonyl (C=O) groups is 1. The van der Waals surface area contributed by atoms with Gasteiger partial charge in [0.15, 0.2) is 5.76 Å². The molecule has 1 aliphatic carbocycles. The topological polar surface area (TPSA) is 72.6 Å². The van der Waals surface area contributed by atoms with Crippen LogP contribution in [0.2, 0.25) is 0 Å². The molecule has 0 aliphatic heterocycles. The van der Waals surface area contributed by atoms with E-state index < -0.39 is 12.1 Å². The van der Waals surface area contributed by atoms with Gasteiger partial charge < -0.3 is 14.4 Å². The second-order valence-electron chi connectivity index (χ2n) is 5.83. The Morgan fingerprint density at radius 3 is 2.83 bits per heavy atom. The van der Waals surface area contributed by atoms with Crippen LogP contribution in [0.4, 0.5) is 0 Å². The highest BCUT2D eigenvalue weighted by Gasteiger charge is 2.29. The summed E-state index contributed by atoms with van der Waals surface area (Å²) >= 11 is 0. The first kappa shape index (κ1) is 15.5. The summed E-state index contributed by atoms with van der Waals surface area (Å²) in [5, 5.41) is 14.0. The van der Waals surface area contributed by atoms with Gasteiger partial charge in [0.25, 0.3) is 0 Å². The number of esters is 1. The van der Waals surface area contributed by atoms with Gasteiger partial charge in [-0.2, -0.15) is 0 Å². The first-order valence-electron chi connectivity index (χ1n) is 7.72. The van der Waals surface area contributed by atoms with E-state index in [2.05, 4.69) is 5.16 Å². The summed E-state index contributed by atoms with van der Waals surface area (Å²) in [6.07, 6.45) is 1.34. The summed E-state index contributed by atoms with van der Waals surface area (Å²) in [6.45, 7) is 5.79. The standard InChI is InChI=1S/C18H19NO4/c1-4-14-16(17(10(2)3)19-23-14)18(21)22-15-9-13(20)11-7-5-6-8-12(11)15/h5-10,13,20H,4H2,1-3H3. The smallest absolute Gasteiger partial charge is 0.349 e. The Hall–Kier alpha value is -2.40. The van der Waals surface area contributed by atoms with Crippen LogP contribution >= 0.6 is 0 Å². The van der Waals surface area contributed by atoms with Gasteiger partial charge in [-0.1, -0.05) is 50.2 Å². The molecule has 5 nitrogen and oxygen atoms in total. The molecule has 0 amide bonds. The highest BCUT2D eigenvalue weighted by atomic mass is 16.5. The molecule has 1 unspecified atom stereocenters. The van der Waals surface area contributed by atoms with Crippen molar-refractivity contribution < 1.29 is 19.2 Å². The molecule has 23 heavy (non-hydrogen) atoms. The van der Waals surface area contributed by atoms with Crippen molar-refractivity contribution in [3.05, 3.63) is 58.5 Å². The van der Waals surface area contributed by atoms with E-state index in [1.807, 2.05) is 45.0 Å². The molecule has 2 aromatic rings. The van der Waals surface area contributed by atoms with Gasteiger partial charge in [-0.3, -0.25) is 0 Å². The van der Waals surface area contributed by atoms with Crippen LogP contribution < -0.4 is 0 Å². The fourth-order valence-corrected chi connectivity index (χ4v) is 2.73. The Labute approximate surface area is 134 Å². The van der Waals surface area contributed by atoms with E-state index in [1.165, 1.54) is 6.08 Å². The fourth-order valence-electron chi connectivity index (χ4n) is 2.73. The van der Waals surface area contributed by atoms with Gasteiger partial charge >= 0.3 is 5.97 Å². The van der Waals surface area contributed by atoms with Crippen molar-refractivity contribution in [2.24, 2.45) is 0 Å². The lowest BCUT2D eigenvalue weighted by Gasteiger charge is -2.08. The molecule has 0 fully saturated rings. The molecule has 1 heterocycles. The molecular formula is C18H19NO4. The molecule has 0 saturated heterocycles. The minimum Gasteiger partial charge on any atom is -0.422 e. The minimum atomic E-state index is -0.758. The SMILES string of the molecule is CCc1onc(C(C)C)c1C(=O)OC1=CC(O)c2ccccc21. The number of aromatic nitrogens is 1. The highest BCUT2D eigenvalue weighted by Crippen LogP contribution is 2.36. The molecule has 1 aliphatic rings. The number of hydrogen-bond acceptors (Lipinski definition) is 5. The highest BCUT2D eigenvalue weighted by molar-refractivity contribution is 5.95. The number of aliphatic hydroxyl groups excluding tert-OH is 1. The van der Waals surface area contributed by atoms with E-state index in [0.29, 0.717) is 29.2 Å². The average molecular weight is 313 g/mol. The summed E-state index contributed by atoms with van der Waals surface area (Å²) in [7, 11) is 0. The van der Waals surface area contributed by atoms with Crippen LogP contribution in [0.5, 0.6) is 0 Å². The predicted molar refractivity (Wildman–Crippen MR) is 84.8 cm³/mol. The van der Waals surface area contributed by atoms with Crippen LogP contribution in [0.25, 0.3) is 5.76 Å². The van der Waals surface area contributed by atoms with Gasteiger partial charge in [0.05, 0.1) is 0 Å². The summed E-state index contributed by atoms with van der Waals surface area (Å²) in [5.74, 6) is 0.446. The molecule has 1 aromatic carbocycles. The van der Waals surface area contributed by atoms with Crippen LogP contribution in [0, 0.1) is 0 Å². The number of aliphatic hydroxyl groups is 1. The molecule has 0 saturated carbocycles. The number of fused-ring (bicyclic) bond motifs is 1. The summed E-state index contributed by atoms with van der Waals surface area (Å²) in [5.41, 5.74) is 2.45. The zero-order chi connectivity index (χ0) is 16.6. The van der Waals surface area contributed by atoms with E-state index in [-0.39, 0.29) is 5.92 Å². The normalized spacial score (nSPS) is 16.4. The van der Waals surface area contributed by atoms with Gasteiger partial charge in [0, 0.05) is 12.0 Å². The Balaban J connectivity index is 1.92. The maximum absolute atomic E-state index is 12.6. The van der Waals surface area contributed by atoms with Crippen LogP contribution in [0.15, 0.2) is 34.9 Å². The van der Waals surface area contributed by atoms with Gasteiger partial charge in [0.1, 0.15) is 23.1 Å². The number of nitrogens with zero attached hydrogens (tertiary/aromatic N) is 1. The molecule has 0 bridgehead atoms. The molecule has 1 N–H and O–H groups in total. The maximum Gasteiger partial charge on any atom is 0.349 e. The van der Waals surface area contributed by atoms with E-state index in [4.69, 9.17) is 9.26 Å². The third-order valence-electron chi connectivity index (χ3n) is 3.92. The average Bonchev–Trinajstić information content (AvgIpc) is 3.10. The number of rotatable bonds is 4. The predicted octanol–water partition coefficient (Wildman–Crippen LogP) is 3.61. The van der Waals surface area contributed by atoms with E-state index in [0.717, 1.165) is 11.1 Å². The Bertz CT molecular complexity index is 773. The summed E-state index contributed by atoms with van der Waals surface area (Å²) < 4.78 is 10.8. The summed E-state index contributed by atoms with van der Waals surface area (Å²) in [4.78, 5) is 12.6.